The highest BCUT2D eigenvalue weighted by atomic mass is 14.9. The third-order valence-corrected chi connectivity index (χ3v) is 3.28. The average Bonchev–Trinajstić information content (AvgIpc) is 2.53. The fourth-order valence-electron chi connectivity index (χ4n) is 2.42. The molecule has 0 aliphatic heterocycles. The molecule has 0 amide bonds. The fourth-order valence-corrected chi connectivity index (χ4v) is 2.42. The third kappa shape index (κ3) is 2.38. The first-order valence-electron chi connectivity index (χ1n) is 6.73. The molecule has 4 nitrogen and oxygen atoms in total. The Morgan fingerprint density at radius 3 is 2.80 bits per heavy atom. The van der Waals surface area contributed by atoms with Crippen molar-refractivity contribution in [2.75, 3.05) is 6.54 Å². The van der Waals surface area contributed by atoms with Gasteiger partial charge >= 0.3 is 0 Å². The normalized spacial score (nSPS) is 12.4. The maximum absolute atomic E-state index is 4.44. The van der Waals surface area contributed by atoms with E-state index >= 15 is 0 Å². The monoisotopic (exact) mass is 264 g/mol. The summed E-state index contributed by atoms with van der Waals surface area (Å²) in [5.41, 5.74) is 3.10. The quantitative estimate of drug-likeness (QED) is 0.787. The van der Waals surface area contributed by atoms with Crippen LogP contribution in [0.3, 0.4) is 0 Å². The molecule has 0 fully saturated rings. The van der Waals surface area contributed by atoms with Gasteiger partial charge in [-0.3, -0.25) is 15.0 Å². The van der Waals surface area contributed by atoms with E-state index in [-0.39, 0.29) is 6.04 Å². The second-order valence-corrected chi connectivity index (χ2v) is 4.54. The van der Waals surface area contributed by atoms with E-state index in [0.29, 0.717) is 0 Å². The van der Waals surface area contributed by atoms with Crippen molar-refractivity contribution < 1.29 is 0 Å². The number of nitrogens with one attached hydrogen (secondary N) is 1. The van der Waals surface area contributed by atoms with Gasteiger partial charge in [-0.15, -0.1) is 0 Å². The standard InChI is InChI=1S/C16H16N4/c1-2-18-16(15-11-17-9-10-20-15)13-5-3-7-14-12(13)6-4-8-19-14/h3-11,16,18H,2H2,1H3. The summed E-state index contributed by atoms with van der Waals surface area (Å²) in [6.07, 6.45) is 7.04. The topological polar surface area (TPSA) is 50.7 Å². The minimum Gasteiger partial charge on any atom is -0.305 e. The maximum atomic E-state index is 4.44. The molecular weight excluding hydrogens is 248 g/mol. The van der Waals surface area contributed by atoms with Crippen molar-refractivity contribution in [1.82, 2.24) is 20.3 Å². The van der Waals surface area contributed by atoms with Crippen molar-refractivity contribution in [3.63, 3.8) is 0 Å². The van der Waals surface area contributed by atoms with Crippen LogP contribution in [0.1, 0.15) is 24.2 Å². The van der Waals surface area contributed by atoms with E-state index in [2.05, 4.69) is 39.3 Å². The van der Waals surface area contributed by atoms with Crippen molar-refractivity contribution in [2.24, 2.45) is 0 Å². The van der Waals surface area contributed by atoms with Gasteiger partial charge in [-0.05, 0) is 24.2 Å². The Bertz CT molecular complexity index is 692. The van der Waals surface area contributed by atoms with Crippen molar-refractivity contribution >= 4 is 10.9 Å². The van der Waals surface area contributed by atoms with E-state index in [1.165, 1.54) is 5.56 Å². The van der Waals surface area contributed by atoms with E-state index in [4.69, 9.17) is 0 Å². The minimum atomic E-state index is 0.0293. The highest BCUT2D eigenvalue weighted by molar-refractivity contribution is 5.82. The van der Waals surface area contributed by atoms with E-state index in [0.717, 1.165) is 23.1 Å². The van der Waals surface area contributed by atoms with Crippen LogP contribution in [0.25, 0.3) is 10.9 Å². The molecule has 2 aromatic heterocycles. The highest BCUT2D eigenvalue weighted by Gasteiger charge is 2.17. The number of hydrogen-bond acceptors (Lipinski definition) is 4. The maximum Gasteiger partial charge on any atom is 0.0801 e. The molecule has 0 saturated heterocycles. The molecule has 1 atom stereocenters. The summed E-state index contributed by atoms with van der Waals surface area (Å²) in [5, 5.41) is 4.62. The van der Waals surface area contributed by atoms with E-state index in [9.17, 15) is 0 Å². The van der Waals surface area contributed by atoms with Crippen LogP contribution in [0.2, 0.25) is 0 Å². The van der Waals surface area contributed by atoms with Crippen LogP contribution in [0, 0.1) is 0 Å². The van der Waals surface area contributed by atoms with Crippen LogP contribution in [-0.2, 0) is 0 Å². The van der Waals surface area contributed by atoms with Crippen molar-refractivity contribution in [3.05, 3.63) is 66.4 Å². The van der Waals surface area contributed by atoms with Gasteiger partial charge in [0.25, 0.3) is 0 Å². The van der Waals surface area contributed by atoms with Gasteiger partial charge in [0.1, 0.15) is 0 Å². The number of fused-ring (bicyclic) bond motifs is 1. The molecule has 0 aliphatic carbocycles. The molecule has 2 heterocycles. The van der Waals surface area contributed by atoms with E-state index in [1.54, 1.807) is 12.4 Å². The fraction of sp³-hybridized carbons (Fsp3) is 0.188. The molecule has 0 spiro atoms. The Morgan fingerprint density at radius 2 is 2.00 bits per heavy atom. The van der Waals surface area contributed by atoms with Gasteiger partial charge in [0.2, 0.25) is 0 Å². The van der Waals surface area contributed by atoms with Crippen LogP contribution in [0.4, 0.5) is 0 Å². The van der Waals surface area contributed by atoms with Gasteiger partial charge in [0, 0.05) is 24.0 Å². The summed E-state index contributed by atoms with van der Waals surface area (Å²) < 4.78 is 0. The molecule has 100 valence electrons. The molecule has 1 aromatic carbocycles. The Balaban J connectivity index is 2.15. The van der Waals surface area contributed by atoms with Gasteiger partial charge in [0.05, 0.1) is 23.4 Å². The lowest BCUT2D eigenvalue weighted by Gasteiger charge is -2.19. The number of aromatic nitrogens is 3. The number of pyridine rings is 1. The predicted octanol–water partition coefficient (Wildman–Crippen LogP) is 2.72. The lowest BCUT2D eigenvalue weighted by molar-refractivity contribution is 0.616. The predicted molar refractivity (Wildman–Crippen MR) is 79.3 cm³/mol. The van der Waals surface area contributed by atoms with Crippen LogP contribution in [0.5, 0.6) is 0 Å². The molecular formula is C16H16N4. The van der Waals surface area contributed by atoms with Crippen molar-refractivity contribution in [1.29, 1.82) is 0 Å². The zero-order valence-electron chi connectivity index (χ0n) is 11.3. The molecule has 0 radical (unpaired) electrons. The number of hydrogen-bond donors (Lipinski definition) is 1. The Kier molecular flexibility index (Phi) is 3.65. The van der Waals surface area contributed by atoms with Gasteiger partial charge < -0.3 is 5.32 Å². The number of rotatable bonds is 4. The smallest absolute Gasteiger partial charge is 0.0801 e. The summed E-state index contributed by atoms with van der Waals surface area (Å²) >= 11 is 0. The molecule has 1 N–H and O–H groups in total. The van der Waals surface area contributed by atoms with E-state index < -0.39 is 0 Å². The van der Waals surface area contributed by atoms with Crippen molar-refractivity contribution in [2.45, 2.75) is 13.0 Å². The summed E-state index contributed by atoms with van der Waals surface area (Å²) in [7, 11) is 0. The second kappa shape index (κ2) is 5.75. The summed E-state index contributed by atoms with van der Waals surface area (Å²) in [4.78, 5) is 13.0. The molecule has 4 heteroatoms. The lowest BCUT2D eigenvalue weighted by atomic mass is 9.99. The number of benzene rings is 1. The molecule has 0 bridgehead atoms. The van der Waals surface area contributed by atoms with Crippen LogP contribution >= 0.6 is 0 Å². The SMILES string of the molecule is CCNC(c1cnccn1)c1cccc2ncccc12. The molecule has 20 heavy (non-hydrogen) atoms. The minimum absolute atomic E-state index is 0.0293. The number of nitrogens with zero attached hydrogens (tertiary/aromatic N) is 3. The average molecular weight is 264 g/mol. The summed E-state index contributed by atoms with van der Waals surface area (Å²) in [6, 6.07) is 10.3. The van der Waals surface area contributed by atoms with Gasteiger partial charge in [0.15, 0.2) is 0 Å². The molecule has 0 aliphatic rings. The Labute approximate surface area is 117 Å². The zero-order chi connectivity index (χ0) is 13.8. The van der Waals surface area contributed by atoms with Gasteiger partial charge in [-0.2, -0.15) is 0 Å². The summed E-state index contributed by atoms with van der Waals surface area (Å²) in [5.74, 6) is 0. The molecule has 0 saturated carbocycles. The zero-order valence-corrected chi connectivity index (χ0v) is 11.3. The van der Waals surface area contributed by atoms with Crippen LogP contribution < -0.4 is 5.32 Å². The Morgan fingerprint density at radius 1 is 1.05 bits per heavy atom. The second-order valence-electron chi connectivity index (χ2n) is 4.54. The van der Waals surface area contributed by atoms with Crippen molar-refractivity contribution in [3.8, 4) is 0 Å². The van der Waals surface area contributed by atoms with Crippen LogP contribution in [0.15, 0.2) is 55.1 Å². The third-order valence-electron chi connectivity index (χ3n) is 3.28. The molecule has 3 aromatic rings. The lowest BCUT2D eigenvalue weighted by Crippen LogP contribution is -2.23. The van der Waals surface area contributed by atoms with Gasteiger partial charge in [-0.25, -0.2) is 0 Å². The first-order chi connectivity index (χ1) is 9.90. The Hall–Kier alpha value is -2.33. The first-order valence-corrected chi connectivity index (χ1v) is 6.73. The molecule has 3 rings (SSSR count). The van der Waals surface area contributed by atoms with Crippen LogP contribution in [-0.4, -0.2) is 21.5 Å². The highest BCUT2D eigenvalue weighted by Crippen LogP contribution is 2.26. The van der Waals surface area contributed by atoms with Gasteiger partial charge in [-0.1, -0.05) is 25.1 Å². The first kappa shape index (κ1) is 12.7. The van der Waals surface area contributed by atoms with E-state index in [1.807, 2.05) is 30.6 Å². The largest absolute Gasteiger partial charge is 0.305 e. The summed E-state index contributed by atoms with van der Waals surface area (Å²) in [6.45, 7) is 2.95. The molecule has 1 unspecified atom stereocenters.